The zero-order valence-electron chi connectivity index (χ0n) is 17.0. The van der Waals surface area contributed by atoms with Gasteiger partial charge in [-0.3, -0.25) is 9.69 Å². The fraction of sp³-hybridized carbons (Fsp3) is 0.208. The van der Waals surface area contributed by atoms with Gasteiger partial charge in [0, 0.05) is 5.56 Å². The first kappa shape index (κ1) is 20.2. The average molecular weight is 418 g/mol. The molecule has 1 amide bonds. The smallest absolute Gasteiger partial charge is 0.242 e. The van der Waals surface area contributed by atoms with Crippen LogP contribution >= 0.6 is 11.8 Å². The Morgan fingerprint density at radius 2 is 1.83 bits per heavy atom. The molecule has 3 aromatic rings. The summed E-state index contributed by atoms with van der Waals surface area (Å²) in [5.74, 6) is 0.873. The number of ether oxygens (including phenoxy) is 1. The van der Waals surface area contributed by atoms with Gasteiger partial charge in [-0.1, -0.05) is 73.3 Å². The summed E-state index contributed by atoms with van der Waals surface area (Å²) >= 11 is 1.48. The minimum absolute atomic E-state index is 0.0810. The molecule has 0 aliphatic carbocycles. The fourth-order valence-electron chi connectivity index (χ4n) is 3.41. The summed E-state index contributed by atoms with van der Waals surface area (Å²) < 4.78 is 5.21. The SMILES string of the molecule is CC[C@H]1S/C(=N/N=C\c2cccc3ccccc23)N(Cc2ccc(OC)cc2)C1=O. The van der Waals surface area contributed by atoms with Crippen molar-refractivity contribution in [3.63, 3.8) is 0 Å². The molecular weight excluding hydrogens is 394 g/mol. The Morgan fingerprint density at radius 1 is 1.07 bits per heavy atom. The second kappa shape index (κ2) is 9.13. The summed E-state index contributed by atoms with van der Waals surface area (Å²) in [6, 6.07) is 22.0. The highest BCUT2D eigenvalue weighted by atomic mass is 32.2. The largest absolute Gasteiger partial charge is 0.497 e. The summed E-state index contributed by atoms with van der Waals surface area (Å²) in [6.45, 7) is 2.48. The van der Waals surface area contributed by atoms with E-state index in [1.807, 2.05) is 55.5 Å². The molecule has 0 aromatic heterocycles. The van der Waals surface area contributed by atoms with Gasteiger partial charge in [0.15, 0.2) is 5.17 Å². The first-order valence-corrected chi connectivity index (χ1v) is 10.8. The Hall–Kier alpha value is -3.12. The van der Waals surface area contributed by atoms with Gasteiger partial charge in [-0.2, -0.15) is 5.10 Å². The molecule has 6 heteroatoms. The number of rotatable bonds is 6. The molecule has 30 heavy (non-hydrogen) atoms. The van der Waals surface area contributed by atoms with E-state index >= 15 is 0 Å². The molecule has 1 aliphatic rings. The van der Waals surface area contributed by atoms with Crippen molar-refractivity contribution in [2.24, 2.45) is 10.2 Å². The molecular formula is C24H23N3O2S. The summed E-state index contributed by atoms with van der Waals surface area (Å²) in [6.07, 6.45) is 2.51. The zero-order valence-corrected chi connectivity index (χ0v) is 17.8. The number of methoxy groups -OCH3 is 1. The van der Waals surface area contributed by atoms with Gasteiger partial charge in [0.2, 0.25) is 5.91 Å². The highest BCUT2D eigenvalue weighted by Gasteiger charge is 2.36. The second-order valence-electron chi connectivity index (χ2n) is 6.98. The van der Waals surface area contributed by atoms with Gasteiger partial charge in [0.05, 0.1) is 25.1 Å². The second-order valence-corrected chi connectivity index (χ2v) is 8.15. The summed E-state index contributed by atoms with van der Waals surface area (Å²) in [4.78, 5) is 14.6. The number of thioether (sulfide) groups is 1. The van der Waals surface area contributed by atoms with Crippen molar-refractivity contribution in [1.82, 2.24) is 4.90 Å². The van der Waals surface area contributed by atoms with E-state index in [-0.39, 0.29) is 11.2 Å². The van der Waals surface area contributed by atoms with Crippen molar-refractivity contribution in [1.29, 1.82) is 0 Å². The van der Waals surface area contributed by atoms with Crippen LogP contribution in [-0.4, -0.2) is 34.5 Å². The molecule has 152 valence electrons. The van der Waals surface area contributed by atoms with Crippen LogP contribution in [0.3, 0.4) is 0 Å². The molecule has 0 spiro atoms. The van der Waals surface area contributed by atoms with Gasteiger partial charge in [-0.25, -0.2) is 0 Å². The number of fused-ring (bicyclic) bond motifs is 1. The third kappa shape index (κ3) is 4.24. The Labute approximate surface area is 180 Å². The summed E-state index contributed by atoms with van der Waals surface area (Å²) in [5.41, 5.74) is 2.02. The molecule has 1 heterocycles. The monoisotopic (exact) mass is 417 g/mol. The van der Waals surface area contributed by atoms with Crippen LogP contribution in [0, 0.1) is 0 Å². The van der Waals surface area contributed by atoms with Crippen LogP contribution in [0.15, 0.2) is 76.9 Å². The van der Waals surface area contributed by atoms with Crippen LogP contribution in [0.5, 0.6) is 5.75 Å². The molecule has 1 atom stereocenters. The molecule has 4 rings (SSSR count). The van der Waals surface area contributed by atoms with E-state index in [0.717, 1.165) is 34.1 Å². The lowest BCUT2D eigenvalue weighted by molar-refractivity contribution is -0.126. The number of nitrogens with zero attached hydrogens (tertiary/aromatic N) is 3. The predicted octanol–water partition coefficient (Wildman–Crippen LogP) is 5.09. The number of amides is 1. The van der Waals surface area contributed by atoms with E-state index < -0.39 is 0 Å². The first-order chi connectivity index (χ1) is 14.7. The predicted molar refractivity (Wildman–Crippen MR) is 124 cm³/mol. The van der Waals surface area contributed by atoms with E-state index in [1.165, 1.54) is 11.8 Å². The summed E-state index contributed by atoms with van der Waals surface area (Å²) in [7, 11) is 1.64. The van der Waals surface area contributed by atoms with Crippen molar-refractivity contribution in [3.8, 4) is 5.75 Å². The molecule has 1 fully saturated rings. The number of carbonyl (C=O) groups excluding carboxylic acids is 1. The maximum absolute atomic E-state index is 12.8. The molecule has 5 nitrogen and oxygen atoms in total. The van der Waals surface area contributed by atoms with Crippen LogP contribution in [0.2, 0.25) is 0 Å². The van der Waals surface area contributed by atoms with Gasteiger partial charge < -0.3 is 4.74 Å². The van der Waals surface area contributed by atoms with Gasteiger partial charge in [0.25, 0.3) is 0 Å². The lowest BCUT2D eigenvalue weighted by atomic mass is 10.1. The maximum atomic E-state index is 12.8. The lowest BCUT2D eigenvalue weighted by Gasteiger charge is -2.16. The van der Waals surface area contributed by atoms with Gasteiger partial charge in [-0.15, -0.1) is 5.10 Å². The van der Waals surface area contributed by atoms with Gasteiger partial charge in [0.1, 0.15) is 5.75 Å². The average Bonchev–Trinajstić information content (AvgIpc) is 3.09. The molecule has 0 radical (unpaired) electrons. The topological polar surface area (TPSA) is 54.3 Å². The normalized spacial score (nSPS) is 18.1. The Bertz CT molecular complexity index is 1100. The minimum atomic E-state index is -0.116. The van der Waals surface area contributed by atoms with Crippen molar-refractivity contribution < 1.29 is 9.53 Å². The van der Waals surface area contributed by atoms with Crippen LogP contribution in [-0.2, 0) is 11.3 Å². The van der Waals surface area contributed by atoms with Crippen molar-refractivity contribution in [2.75, 3.05) is 7.11 Å². The highest BCUT2D eigenvalue weighted by molar-refractivity contribution is 8.15. The van der Waals surface area contributed by atoms with E-state index in [0.29, 0.717) is 11.7 Å². The third-order valence-corrected chi connectivity index (χ3v) is 6.39. The van der Waals surface area contributed by atoms with Crippen LogP contribution in [0.4, 0.5) is 0 Å². The first-order valence-electron chi connectivity index (χ1n) is 9.89. The van der Waals surface area contributed by atoms with Crippen LogP contribution in [0.1, 0.15) is 24.5 Å². The molecule has 0 bridgehead atoms. The molecule has 0 unspecified atom stereocenters. The molecule has 3 aromatic carbocycles. The van der Waals surface area contributed by atoms with E-state index in [4.69, 9.17) is 4.74 Å². The van der Waals surface area contributed by atoms with Crippen LogP contribution in [0.25, 0.3) is 10.8 Å². The van der Waals surface area contributed by atoms with Crippen molar-refractivity contribution >= 4 is 39.8 Å². The van der Waals surface area contributed by atoms with Crippen LogP contribution < -0.4 is 4.74 Å². The van der Waals surface area contributed by atoms with Gasteiger partial charge in [-0.05, 0) is 34.9 Å². The van der Waals surface area contributed by atoms with E-state index in [2.05, 4.69) is 28.4 Å². The number of hydrogen-bond donors (Lipinski definition) is 0. The van der Waals surface area contributed by atoms with E-state index in [9.17, 15) is 4.79 Å². The highest BCUT2D eigenvalue weighted by Crippen LogP contribution is 2.31. The zero-order chi connectivity index (χ0) is 20.9. The minimum Gasteiger partial charge on any atom is -0.497 e. The number of hydrogen-bond acceptors (Lipinski definition) is 5. The molecule has 0 N–H and O–H groups in total. The fourth-order valence-corrected chi connectivity index (χ4v) is 4.43. The Kier molecular flexibility index (Phi) is 6.14. The summed E-state index contributed by atoms with van der Waals surface area (Å²) in [5, 5.41) is 11.5. The Balaban J connectivity index is 1.58. The Morgan fingerprint density at radius 3 is 2.60 bits per heavy atom. The van der Waals surface area contributed by atoms with Gasteiger partial charge >= 0.3 is 0 Å². The molecule has 1 aliphatic heterocycles. The lowest BCUT2D eigenvalue weighted by Crippen LogP contribution is -2.31. The third-order valence-electron chi connectivity index (χ3n) is 5.05. The van der Waals surface area contributed by atoms with Crippen molar-refractivity contribution in [2.45, 2.75) is 25.1 Å². The van der Waals surface area contributed by atoms with E-state index in [1.54, 1.807) is 18.2 Å². The number of benzene rings is 3. The molecule has 0 saturated carbocycles. The maximum Gasteiger partial charge on any atom is 0.242 e. The number of amidine groups is 1. The number of carbonyl (C=O) groups is 1. The quantitative estimate of drug-likeness (QED) is 0.415. The molecule has 1 saturated heterocycles. The van der Waals surface area contributed by atoms with Crippen molar-refractivity contribution in [3.05, 3.63) is 77.9 Å². The standard InChI is InChI=1S/C24H23N3O2S/c1-3-22-23(28)27(16-17-11-13-20(29-2)14-12-17)24(30-22)26-25-15-19-9-6-8-18-7-4-5-10-21(18)19/h4-15,22H,3,16H2,1-2H3/b25-15-,26-24+/t22-/m1/s1.